The van der Waals surface area contributed by atoms with Gasteiger partial charge in [-0.15, -0.1) is 0 Å². The van der Waals surface area contributed by atoms with Gasteiger partial charge in [0.25, 0.3) is 0 Å². The summed E-state index contributed by atoms with van der Waals surface area (Å²) < 4.78 is 5.76. The first-order valence-corrected chi connectivity index (χ1v) is 13.0. The molecule has 0 spiro atoms. The number of aromatic nitrogens is 1. The van der Waals surface area contributed by atoms with Gasteiger partial charge >= 0.3 is 0 Å². The van der Waals surface area contributed by atoms with E-state index in [1.54, 1.807) is 25.6 Å². The van der Waals surface area contributed by atoms with E-state index in [0.717, 1.165) is 48.5 Å². The third kappa shape index (κ3) is 3.62. The average Bonchev–Trinajstić information content (AvgIpc) is 3.68. The Bertz CT molecular complexity index is 1120. The molecule has 4 aliphatic rings. The number of hydrogen-bond acceptors (Lipinski definition) is 6. The number of fused-ring (bicyclic) bond motifs is 1. The van der Waals surface area contributed by atoms with Gasteiger partial charge in [0.15, 0.2) is 11.5 Å². The Morgan fingerprint density at radius 1 is 1.17 bits per heavy atom. The molecule has 7 nitrogen and oxygen atoms in total. The van der Waals surface area contributed by atoms with Gasteiger partial charge in [0.1, 0.15) is 0 Å². The molecule has 35 heavy (non-hydrogen) atoms. The number of rotatable bonds is 5. The minimum Gasteiger partial charge on any atom is -0.504 e. The van der Waals surface area contributed by atoms with Gasteiger partial charge in [-0.05, 0) is 74.2 Å². The van der Waals surface area contributed by atoms with E-state index in [9.17, 15) is 15.0 Å². The van der Waals surface area contributed by atoms with E-state index in [-0.39, 0.29) is 17.7 Å². The van der Waals surface area contributed by atoms with Crippen LogP contribution in [-0.4, -0.2) is 75.8 Å². The molecule has 3 unspecified atom stereocenters. The van der Waals surface area contributed by atoms with Crippen molar-refractivity contribution >= 4 is 5.91 Å². The van der Waals surface area contributed by atoms with Crippen molar-refractivity contribution in [2.75, 3.05) is 33.3 Å². The average molecular weight is 478 g/mol. The highest BCUT2D eigenvalue weighted by Gasteiger charge is 2.64. The maximum atomic E-state index is 13.3. The lowest BCUT2D eigenvalue weighted by molar-refractivity contribution is -0.150. The van der Waals surface area contributed by atoms with E-state index >= 15 is 0 Å². The Morgan fingerprint density at radius 3 is 2.71 bits per heavy atom. The second-order valence-corrected chi connectivity index (χ2v) is 11.0. The molecular formula is C28H35N3O4. The molecule has 2 aromatic rings. The number of aliphatic hydroxyl groups is 1. The third-order valence-electron chi connectivity index (χ3n) is 9.16. The zero-order chi connectivity index (χ0) is 24.2. The lowest BCUT2D eigenvalue weighted by atomic mass is 9.52. The van der Waals surface area contributed by atoms with E-state index in [2.05, 4.69) is 9.88 Å². The zero-order valence-electron chi connectivity index (χ0n) is 20.4. The van der Waals surface area contributed by atoms with Crippen molar-refractivity contribution in [1.82, 2.24) is 14.8 Å². The number of ether oxygens (including phenoxy) is 1. The summed E-state index contributed by atoms with van der Waals surface area (Å²) in [4.78, 5) is 21.9. The van der Waals surface area contributed by atoms with Gasteiger partial charge < -0.3 is 19.8 Å². The lowest BCUT2D eigenvalue weighted by Crippen LogP contribution is -2.71. The minimum atomic E-state index is -0.989. The standard InChI is InChI=1S/C28H35N3O4/c1-35-26-22(32)7-6-21-16-23-28(34)10-14-30(24(33)15-20-3-2-11-29-17-20)12-8-27(28,25(21)26)9-13-31(23)18-19-4-5-19/h2-3,6-7,11,17,19,23,32,34H,4-5,8-10,12-16,18H2,1H3. The molecule has 1 amide bonds. The predicted octanol–water partition coefficient (Wildman–Crippen LogP) is 2.67. The number of carbonyl (C=O) groups excluding carboxylic acids is 1. The van der Waals surface area contributed by atoms with Crippen LogP contribution in [0.15, 0.2) is 36.7 Å². The van der Waals surface area contributed by atoms with Gasteiger partial charge in [-0.3, -0.25) is 14.7 Å². The monoisotopic (exact) mass is 477 g/mol. The number of piperidine rings is 1. The third-order valence-corrected chi connectivity index (χ3v) is 9.16. The number of likely N-dealkylation sites (tertiary alicyclic amines) is 2. The molecule has 2 aliphatic heterocycles. The normalized spacial score (nSPS) is 30.2. The van der Waals surface area contributed by atoms with Crippen molar-refractivity contribution in [2.45, 2.75) is 62.0 Å². The number of methoxy groups -OCH3 is 1. The number of pyridine rings is 1. The Morgan fingerprint density at radius 2 is 1.97 bits per heavy atom. The SMILES string of the molecule is COc1c(O)ccc2c1C13CCN(C(=O)Cc4cccnc4)CCC1(O)C(C2)N(CC1CC1)CC3. The highest BCUT2D eigenvalue weighted by Crippen LogP contribution is 2.59. The number of nitrogens with zero attached hydrogens (tertiary/aromatic N) is 3. The van der Waals surface area contributed by atoms with Crippen LogP contribution in [0.1, 0.15) is 48.8 Å². The Balaban J connectivity index is 1.38. The van der Waals surface area contributed by atoms with Crippen molar-refractivity contribution < 1.29 is 19.7 Å². The van der Waals surface area contributed by atoms with Crippen LogP contribution < -0.4 is 4.74 Å². The molecule has 3 heterocycles. The van der Waals surface area contributed by atoms with Gasteiger partial charge in [-0.2, -0.15) is 0 Å². The van der Waals surface area contributed by atoms with E-state index in [4.69, 9.17) is 4.74 Å². The first-order valence-electron chi connectivity index (χ1n) is 13.0. The van der Waals surface area contributed by atoms with Gasteiger partial charge in [-0.25, -0.2) is 0 Å². The molecule has 6 rings (SSSR count). The van der Waals surface area contributed by atoms with Crippen LogP contribution in [0.4, 0.5) is 0 Å². The van der Waals surface area contributed by atoms with Crippen molar-refractivity contribution in [2.24, 2.45) is 5.92 Å². The Kier molecular flexibility index (Phi) is 5.53. The molecule has 2 bridgehead atoms. The van der Waals surface area contributed by atoms with Crippen LogP contribution in [0.2, 0.25) is 0 Å². The molecule has 7 heteroatoms. The minimum absolute atomic E-state index is 0.00646. The number of phenolic OH excluding ortho intramolecular Hbond substituents is 1. The molecule has 186 valence electrons. The highest BCUT2D eigenvalue weighted by atomic mass is 16.5. The molecule has 0 radical (unpaired) electrons. The maximum Gasteiger partial charge on any atom is 0.227 e. The van der Waals surface area contributed by atoms with Crippen LogP contribution in [0.3, 0.4) is 0 Å². The van der Waals surface area contributed by atoms with Crippen molar-refractivity contribution in [1.29, 1.82) is 0 Å². The lowest BCUT2D eigenvalue weighted by Gasteiger charge is -2.61. The van der Waals surface area contributed by atoms with Crippen molar-refractivity contribution in [3.05, 3.63) is 53.3 Å². The van der Waals surface area contributed by atoms with Crippen molar-refractivity contribution in [3.63, 3.8) is 0 Å². The van der Waals surface area contributed by atoms with Crippen LogP contribution in [0.25, 0.3) is 0 Å². The Hall–Kier alpha value is -2.64. The Labute approximate surface area is 206 Å². The summed E-state index contributed by atoms with van der Waals surface area (Å²) in [6, 6.07) is 7.53. The van der Waals surface area contributed by atoms with E-state index in [1.807, 2.05) is 23.1 Å². The summed E-state index contributed by atoms with van der Waals surface area (Å²) in [5.74, 6) is 1.43. The van der Waals surface area contributed by atoms with E-state index in [0.29, 0.717) is 38.1 Å². The van der Waals surface area contributed by atoms with Crippen LogP contribution in [-0.2, 0) is 23.1 Å². The first kappa shape index (κ1) is 22.8. The topological polar surface area (TPSA) is 86.1 Å². The summed E-state index contributed by atoms with van der Waals surface area (Å²) in [5, 5.41) is 23.4. The molecule has 2 N–H and O–H groups in total. The van der Waals surface area contributed by atoms with Gasteiger partial charge in [-0.1, -0.05) is 12.1 Å². The first-order chi connectivity index (χ1) is 16.9. The molecule has 3 atom stereocenters. The molecule has 1 saturated carbocycles. The fourth-order valence-electron chi connectivity index (χ4n) is 7.19. The number of phenols is 1. The highest BCUT2D eigenvalue weighted by molar-refractivity contribution is 5.78. The fraction of sp³-hybridized carbons (Fsp3) is 0.571. The fourth-order valence-corrected chi connectivity index (χ4v) is 7.19. The summed E-state index contributed by atoms with van der Waals surface area (Å²) in [5.41, 5.74) is 1.48. The van der Waals surface area contributed by atoms with E-state index < -0.39 is 11.0 Å². The van der Waals surface area contributed by atoms with Gasteiger partial charge in [0.2, 0.25) is 5.91 Å². The smallest absolute Gasteiger partial charge is 0.227 e. The second-order valence-electron chi connectivity index (χ2n) is 11.0. The van der Waals surface area contributed by atoms with Crippen LogP contribution in [0.5, 0.6) is 11.5 Å². The number of carbonyl (C=O) groups is 1. The molecule has 1 aromatic heterocycles. The molecule has 2 aliphatic carbocycles. The second kappa shape index (κ2) is 8.49. The van der Waals surface area contributed by atoms with E-state index in [1.165, 1.54) is 12.8 Å². The van der Waals surface area contributed by atoms with Crippen molar-refractivity contribution in [3.8, 4) is 11.5 Å². The molecule has 2 saturated heterocycles. The zero-order valence-corrected chi connectivity index (χ0v) is 20.4. The molecular weight excluding hydrogens is 442 g/mol. The predicted molar refractivity (Wildman–Crippen MR) is 131 cm³/mol. The number of hydrogen-bond donors (Lipinski definition) is 2. The van der Waals surface area contributed by atoms with Crippen LogP contribution >= 0.6 is 0 Å². The van der Waals surface area contributed by atoms with Gasteiger partial charge in [0.05, 0.1) is 19.1 Å². The number of amides is 1. The summed E-state index contributed by atoms with van der Waals surface area (Å²) in [6.07, 6.45) is 9.05. The number of benzene rings is 1. The van der Waals surface area contributed by atoms with Crippen LogP contribution in [0, 0.1) is 5.92 Å². The summed E-state index contributed by atoms with van der Waals surface area (Å²) in [7, 11) is 1.60. The molecule has 1 aromatic carbocycles. The largest absolute Gasteiger partial charge is 0.504 e. The summed E-state index contributed by atoms with van der Waals surface area (Å²) >= 11 is 0. The summed E-state index contributed by atoms with van der Waals surface area (Å²) in [6.45, 7) is 3.07. The number of aromatic hydroxyl groups is 1. The quantitative estimate of drug-likeness (QED) is 0.689. The molecule has 3 fully saturated rings. The van der Waals surface area contributed by atoms with Gasteiger partial charge in [0, 0.05) is 49.0 Å². The maximum absolute atomic E-state index is 13.3.